The van der Waals surface area contributed by atoms with Crippen molar-refractivity contribution < 1.29 is 0 Å². The molecule has 1 fully saturated rings. The summed E-state index contributed by atoms with van der Waals surface area (Å²) in [7, 11) is 0. The first-order valence-electron chi connectivity index (χ1n) is 4.45. The lowest BCUT2D eigenvalue weighted by atomic mass is 10.3. The van der Waals surface area contributed by atoms with Crippen LogP contribution in [0.3, 0.4) is 0 Å². The van der Waals surface area contributed by atoms with Crippen LogP contribution < -0.4 is 5.32 Å². The van der Waals surface area contributed by atoms with Crippen molar-refractivity contribution in [3.05, 3.63) is 0 Å². The summed E-state index contributed by atoms with van der Waals surface area (Å²) in [6, 6.07) is 0. The van der Waals surface area contributed by atoms with Gasteiger partial charge < -0.3 is 5.32 Å². The van der Waals surface area contributed by atoms with Crippen molar-refractivity contribution >= 4 is 0 Å². The molecule has 0 saturated heterocycles. The summed E-state index contributed by atoms with van der Waals surface area (Å²) in [4.78, 5) is 0. The molecule has 0 radical (unpaired) electrons. The van der Waals surface area contributed by atoms with Crippen molar-refractivity contribution in [2.45, 2.75) is 26.7 Å². The molecule has 0 aliphatic heterocycles. The maximum Gasteiger partial charge on any atom is 0.0214 e. The average Bonchev–Trinajstić information content (AvgIpc) is 2.67. The minimum atomic E-state index is 0.963. The summed E-state index contributed by atoms with van der Waals surface area (Å²) in [5.74, 6) is 7.87. The van der Waals surface area contributed by atoms with E-state index < -0.39 is 0 Å². The van der Waals surface area contributed by atoms with Gasteiger partial charge in [-0.1, -0.05) is 6.92 Å². The van der Waals surface area contributed by atoms with Crippen LogP contribution in [0.15, 0.2) is 0 Å². The highest BCUT2D eigenvalue weighted by Crippen LogP contribution is 2.36. The van der Waals surface area contributed by atoms with Gasteiger partial charge in [-0.15, -0.1) is 11.8 Å². The molecule has 1 rings (SSSR count). The van der Waals surface area contributed by atoms with Crippen LogP contribution in [0.4, 0.5) is 0 Å². The third-order valence-electron chi connectivity index (χ3n) is 2.29. The van der Waals surface area contributed by atoms with Crippen molar-refractivity contribution in [3.63, 3.8) is 0 Å². The van der Waals surface area contributed by atoms with E-state index in [1.807, 2.05) is 6.92 Å². The lowest BCUT2D eigenvalue weighted by molar-refractivity contribution is 0.619. The molecule has 2 atom stereocenters. The van der Waals surface area contributed by atoms with E-state index >= 15 is 0 Å². The van der Waals surface area contributed by atoms with Gasteiger partial charge in [0, 0.05) is 13.0 Å². The summed E-state index contributed by atoms with van der Waals surface area (Å²) in [5.41, 5.74) is 0. The smallest absolute Gasteiger partial charge is 0.0214 e. The predicted octanol–water partition coefficient (Wildman–Crippen LogP) is 1.65. The molecule has 1 aliphatic carbocycles. The first kappa shape index (κ1) is 8.62. The molecule has 62 valence electrons. The Bertz CT molecular complexity index is 163. The molecule has 0 bridgehead atoms. The van der Waals surface area contributed by atoms with Crippen LogP contribution in [0.1, 0.15) is 26.7 Å². The van der Waals surface area contributed by atoms with Crippen molar-refractivity contribution in [2.24, 2.45) is 11.8 Å². The van der Waals surface area contributed by atoms with E-state index in [1.165, 1.54) is 13.0 Å². The van der Waals surface area contributed by atoms with Gasteiger partial charge in [0.05, 0.1) is 0 Å². The zero-order valence-electron chi connectivity index (χ0n) is 7.48. The van der Waals surface area contributed by atoms with Gasteiger partial charge in [0.2, 0.25) is 0 Å². The van der Waals surface area contributed by atoms with Crippen LogP contribution in [0, 0.1) is 23.7 Å². The van der Waals surface area contributed by atoms with Gasteiger partial charge in [-0.25, -0.2) is 0 Å². The summed E-state index contributed by atoms with van der Waals surface area (Å²) in [6.45, 7) is 6.47. The van der Waals surface area contributed by atoms with Gasteiger partial charge in [0.1, 0.15) is 0 Å². The highest BCUT2D eigenvalue weighted by molar-refractivity contribution is 4.95. The molecule has 1 heteroatoms. The quantitative estimate of drug-likeness (QED) is 0.476. The van der Waals surface area contributed by atoms with E-state index in [-0.39, 0.29) is 0 Å². The fourth-order valence-electron chi connectivity index (χ4n) is 1.25. The summed E-state index contributed by atoms with van der Waals surface area (Å²) < 4.78 is 0. The second kappa shape index (κ2) is 4.41. The Hall–Kier alpha value is -0.480. The molecule has 0 aromatic heterocycles. The van der Waals surface area contributed by atoms with Gasteiger partial charge in [-0.2, -0.15) is 0 Å². The Morgan fingerprint density at radius 3 is 2.82 bits per heavy atom. The van der Waals surface area contributed by atoms with Crippen LogP contribution in [0.25, 0.3) is 0 Å². The van der Waals surface area contributed by atoms with E-state index in [0.717, 1.165) is 24.8 Å². The Kier molecular flexibility index (Phi) is 3.45. The van der Waals surface area contributed by atoms with Gasteiger partial charge in [0.15, 0.2) is 0 Å². The molecule has 2 unspecified atom stereocenters. The number of rotatable bonds is 4. The first-order chi connectivity index (χ1) is 5.34. The van der Waals surface area contributed by atoms with E-state index in [1.54, 1.807) is 0 Å². The largest absolute Gasteiger partial charge is 0.315 e. The first-order valence-corrected chi connectivity index (χ1v) is 4.45. The van der Waals surface area contributed by atoms with Gasteiger partial charge in [-0.3, -0.25) is 0 Å². The molecule has 1 aliphatic rings. The standard InChI is InChI=1S/C10H17N/c1-3-4-5-6-11-8-10-7-9(10)2/h9-11H,5-8H2,1-2H3. The third-order valence-corrected chi connectivity index (χ3v) is 2.29. The third kappa shape index (κ3) is 3.43. The lowest BCUT2D eigenvalue weighted by Crippen LogP contribution is -2.18. The van der Waals surface area contributed by atoms with E-state index in [9.17, 15) is 0 Å². The van der Waals surface area contributed by atoms with Crippen molar-refractivity contribution in [1.29, 1.82) is 0 Å². The van der Waals surface area contributed by atoms with E-state index in [4.69, 9.17) is 0 Å². The summed E-state index contributed by atoms with van der Waals surface area (Å²) in [6.07, 6.45) is 2.42. The average molecular weight is 151 g/mol. The minimum Gasteiger partial charge on any atom is -0.315 e. The molecular weight excluding hydrogens is 134 g/mol. The maximum atomic E-state index is 3.41. The fraction of sp³-hybridized carbons (Fsp3) is 0.800. The van der Waals surface area contributed by atoms with Crippen LogP contribution in [-0.2, 0) is 0 Å². The highest BCUT2D eigenvalue weighted by atomic mass is 14.9. The Balaban J connectivity index is 1.84. The minimum absolute atomic E-state index is 0.963. The molecule has 0 amide bonds. The second-order valence-corrected chi connectivity index (χ2v) is 3.35. The van der Waals surface area contributed by atoms with Crippen molar-refractivity contribution in [3.8, 4) is 11.8 Å². The Morgan fingerprint density at radius 2 is 2.27 bits per heavy atom. The van der Waals surface area contributed by atoms with Crippen molar-refractivity contribution in [2.75, 3.05) is 13.1 Å². The zero-order valence-corrected chi connectivity index (χ0v) is 7.48. The fourth-order valence-corrected chi connectivity index (χ4v) is 1.25. The van der Waals surface area contributed by atoms with Crippen LogP contribution in [-0.4, -0.2) is 13.1 Å². The Labute approximate surface area is 69.6 Å². The number of hydrogen-bond acceptors (Lipinski definition) is 1. The summed E-state index contributed by atoms with van der Waals surface area (Å²) in [5, 5.41) is 3.41. The predicted molar refractivity (Wildman–Crippen MR) is 48.2 cm³/mol. The van der Waals surface area contributed by atoms with Crippen LogP contribution in [0.5, 0.6) is 0 Å². The van der Waals surface area contributed by atoms with E-state index in [2.05, 4.69) is 24.1 Å². The molecule has 1 nitrogen and oxygen atoms in total. The molecule has 1 saturated carbocycles. The number of nitrogens with one attached hydrogen (secondary N) is 1. The molecule has 11 heavy (non-hydrogen) atoms. The SMILES string of the molecule is CC#CCCNCC1CC1C. The zero-order chi connectivity index (χ0) is 8.10. The summed E-state index contributed by atoms with van der Waals surface area (Å²) >= 11 is 0. The maximum absolute atomic E-state index is 3.41. The molecular formula is C10H17N. The van der Waals surface area contributed by atoms with Crippen LogP contribution in [0.2, 0.25) is 0 Å². The van der Waals surface area contributed by atoms with Gasteiger partial charge in [0.25, 0.3) is 0 Å². The van der Waals surface area contributed by atoms with Crippen LogP contribution >= 0.6 is 0 Å². The molecule has 0 aromatic carbocycles. The molecule has 0 heterocycles. The van der Waals surface area contributed by atoms with E-state index in [0.29, 0.717) is 0 Å². The molecule has 0 aromatic rings. The van der Waals surface area contributed by atoms with Gasteiger partial charge in [-0.05, 0) is 31.7 Å². The monoisotopic (exact) mass is 151 g/mol. The normalized spacial score (nSPS) is 27.5. The second-order valence-electron chi connectivity index (χ2n) is 3.35. The highest BCUT2D eigenvalue weighted by Gasteiger charge is 2.31. The molecule has 1 N–H and O–H groups in total. The Morgan fingerprint density at radius 1 is 1.55 bits per heavy atom. The topological polar surface area (TPSA) is 12.0 Å². The molecule has 0 spiro atoms. The van der Waals surface area contributed by atoms with Gasteiger partial charge >= 0.3 is 0 Å². The number of hydrogen-bond donors (Lipinski definition) is 1. The van der Waals surface area contributed by atoms with Crippen molar-refractivity contribution in [1.82, 2.24) is 5.32 Å². The lowest BCUT2D eigenvalue weighted by Gasteiger charge is -1.98.